The van der Waals surface area contributed by atoms with Crippen LogP contribution >= 0.6 is 0 Å². The predicted molar refractivity (Wildman–Crippen MR) is 80.4 cm³/mol. The van der Waals surface area contributed by atoms with Crippen molar-refractivity contribution in [3.8, 4) is 5.75 Å². The Morgan fingerprint density at radius 1 is 1.33 bits per heavy atom. The van der Waals surface area contributed by atoms with Gasteiger partial charge in [0.1, 0.15) is 5.75 Å². The second-order valence-corrected chi connectivity index (χ2v) is 5.96. The molecular formula is C15H23N3O3. The number of benzene rings is 1. The number of nitrogens with one attached hydrogen (secondary N) is 1. The number of carbonyl (C=O) groups excluding carboxylic acids is 2. The maximum absolute atomic E-state index is 11.9. The van der Waals surface area contributed by atoms with E-state index in [1.165, 1.54) is 0 Å². The lowest BCUT2D eigenvalue weighted by molar-refractivity contribution is -0.124. The third kappa shape index (κ3) is 5.83. The third-order valence-electron chi connectivity index (χ3n) is 2.96. The number of primary amides is 1. The fourth-order valence-corrected chi connectivity index (χ4v) is 1.59. The van der Waals surface area contributed by atoms with Crippen LogP contribution in [0.25, 0.3) is 0 Å². The van der Waals surface area contributed by atoms with Gasteiger partial charge in [0, 0.05) is 6.54 Å². The van der Waals surface area contributed by atoms with E-state index in [0.29, 0.717) is 12.3 Å². The highest BCUT2D eigenvalue weighted by Crippen LogP contribution is 2.17. The lowest BCUT2D eigenvalue weighted by Gasteiger charge is -2.25. The molecule has 0 unspecified atom stereocenters. The van der Waals surface area contributed by atoms with Gasteiger partial charge in [0.25, 0.3) is 5.91 Å². The summed E-state index contributed by atoms with van der Waals surface area (Å²) in [4.78, 5) is 22.6. The predicted octanol–water partition coefficient (Wildman–Crippen LogP) is 0.540. The summed E-state index contributed by atoms with van der Waals surface area (Å²) in [6.45, 7) is 5.90. The van der Waals surface area contributed by atoms with Crippen molar-refractivity contribution in [3.63, 3.8) is 0 Å². The number of carbonyl (C=O) groups is 2. The number of hydrogen-bond acceptors (Lipinski definition) is 4. The van der Waals surface area contributed by atoms with E-state index in [9.17, 15) is 9.59 Å². The quantitative estimate of drug-likeness (QED) is 0.711. The minimum atomic E-state index is -0.577. The van der Waals surface area contributed by atoms with E-state index in [2.05, 4.69) is 5.32 Å². The normalized spacial score (nSPS) is 12.6. The second-order valence-electron chi connectivity index (χ2n) is 5.96. The molecule has 0 radical (unpaired) electrons. The van der Waals surface area contributed by atoms with Gasteiger partial charge in [-0.1, -0.05) is 32.9 Å². The van der Waals surface area contributed by atoms with Gasteiger partial charge < -0.3 is 21.5 Å². The molecular weight excluding hydrogens is 270 g/mol. The Balaban J connectivity index is 2.58. The Kier molecular flexibility index (Phi) is 5.72. The molecule has 5 N–H and O–H groups in total. The molecule has 2 amide bonds. The van der Waals surface area contributed by atoms with Gasteiger partial charge in [-0.15, -0.1) is 0 Å². The van der Waals surface area contributed by atoms with Crippen molar-refractivity contribution in [2.24, 2.45) is 16.9 Å². The van der Waals surface area contributed by atoms with Crippen molar-refractivity contribution in [2.75, 3.05) is 6.61 Å². The van der Waals surface area contributed by atoms with Gasteiger partial charge in [-0.25, -0.2) is 0 Å². The summed E-state index contributed by atoms with van der Waals surface area (Å²) in [5, 5.41) is 2.79. The average molecular weight is 293 g/mol. The van der Waals surface area contributed by atoms with Crippen LogP contribution in [0.15, 0.2) is 24.3 Å². The minimum absolute atomic E-state index is 0.176. The molecule has 0 aliphatic rings. The Morgan fingerprint density at radius 2 is 2.00 bits per heavy atom. The molecule has 0 saturated heterocycles. The summed E-state index contributed by atoms with van der Waals surface area (Å²) in [5.74, 6) is -0.212. The van der Waals surface area contributed by atoms with Gasteiger partial charge in [-0.05, 0) is 23.1 Å². The largest absolute Gasteiger partial charge is 0.484 e. The zero-order valence-electron chi connectivity index (χ0n) is 12.7. The van der Waals surface area contributed by atoms with Crippen LogP contribution in [0.5, 0.6) is 5.75 Å². The maximum atomic E-state index is 11.9. The van der Waals surface area contributed by atoms with E-state index < -0.39 is 11.9 Å². The highest BCUT2D eigenvalue weighted by Gasteiger charge is 2.27. The highest BCUT2D eigenvalue weighted by atomic mass is 16.5. The highest BCUT2D eigenvalue weighted by molar-refractivity contribution is 5.82. The van der Waals surface area contributed by atoms with Crippen molar-refractivity contribution < 1.29 is 14.3 Å². The lowest BCUT2D eigenvalue weighted by Crippen LogP contribution is -2.48. The summed E-state index contributed by atoms with van der Waals surface area (Å²) in [6.07, 6.45) is 0. The number of ether oxygens (including phenoxy) is 1. The number of hydrogen-bond donors (Lipinski definition) is 3. The third-order valence-corrected chi connectivity index (χ3v) is 2.96. The van der Waals surface area contributed by atoms with Crippen LogP contribution in [-0.2, 0) is 16.1 Å². The number of rotatable bonds is 6. The molecule has 6 heteroatoms. The van der Waals surface area contributed by atoms with Gasteiger partial charge in [-0.3, -0.25) is 9.59 Å². The van der Waals surface area contributed by atoms with Crippen LogP contribution in [0.4, 0.5) is 0 Å². The van der Waals surface area contributed by atoms with Crippen molar-refractivity contribution in [1.82, 2.24) is 5.32 Å². The standard InChI is InChI=1S/C15H23N3O3/c1-15(2,3)13(17)14(20)18-8-10-5-4-6-11(7-10)21-9-12(16)19/h4-7,13H,8-9,17H2,1-3H3,(H2,16,19)(H,18,20)/t13-/m1/s1. The fourth-order valence-electron chi connectivity index (χ4n) is 1.59. The Bertz CT molecular complexity index is 509. The topological polar surface area (TPSA) is 107 Å². The van der Waals surface area contributed by atoms with Gasteiger partial charge >= 0.3 is 0 Å². The first kappa shape index (κ1) is 17.0. The monoisotopic (exact) mass is 293 g/mol. The molecule has 6 nitrogen and oxygen atoms in total. The molecule has 0 aliphatic carbocycles. The first-order chi connectivity index (χ1) is 9.70. The summed E-state index contributed by atoms with van der Waals surface area (Å²) in [6, 6.07) is 6.51. The van der Waals surface area contributed by atoms with E-state index in [-0.39, 0.29) is 17.9 Å². The van der Waals surface area contributed by atoms with Gasteiger partial charge in [0.2, 0.25) is 5.91 Å². The molecule has 1 atom stereocenters. The van der Waals surface area contributed by atoms with E-state index in [1.54, 1.807) is 18.2 Å². The zero-order chi connectivity index (χ0) is 16.0. The molecule has 0 spiro atoms. The molecule has 0 heterocycles. The Hall–Kier alpha value is -2.08. The Morgan fingerprint density at radius 3 is 2.57 bits per heavy atom. The van der Waals surface area contributed by atoms with E-state index in [4.69, 9.17) is 16.2 Å². The first-order valence-corrected chi connectivity index (χ1v) is 6.73. The second kappa shape index (κ2) is 7.08. The molecule has 0 bridgehead atoms. The van der Waals surface area contributed by atoms with Gasteiger partial charge in [0.05, 0.1) is 6.04 Å². The average Bonchev–Trinajstić information content (AvgIpc) is 2.41. The van der Waals surface area contributed by atoms with Gasteiger partial charge in [0.15, 0.2) is 6.61 Å². The van der Waals surface area contributed by atoms with Crippen molar-refractivity contribution >= 4 is 11.8 Å². The zero-order valence-corrected chi connectivity index (χ0v) is 12.7. The summed E-state index contributed by atoms with van der Waals surface area (Å²) >= 11 is 0. The fraction of sp³-hybridized carbons (Fsp3) is 0.467. The van der Waals surface area contributed by atoms with Crippen molar-refractivity contribution in [3.05, 3.63) is 29.8 Å². The number of nitrogens with two attached hydrogens (primary N) is 2. The molecule has 0 aliphatic heterocycles. The minimum Gasteiger partial charge on any atom is -0.484 e. The molecule has 0 saturated carbocycles. The first-order valence-electron chi connectivity index (χ1n) is 6.73. The number of amides is 2. The van der Waals surface area contributed by atoms with Crippen LogP contribution < -0.4 is 21.5 Å². The van der Waals surface area contributed by atoms with Crippen LogP contribution in [0, 0.1) is 5.41 Å². The van der Waals surface area contributed by atoms with Crippen molar-refractivity contribution in [1.29, 1.82) is 0 Å². The Labute approximate surface area is 124 Å². The molecule has 1 aromatic carbocycles. The summed E-state index contributed by atoms with van der Waals surface area (Å²) in [7, 11) is 0. The van der Waals surface area contributed by atoms with Crippen LogP contribution in [0.3, 0.4) is 0 Å². The van der Waals surface area contributed by atoms with Crippen LogP contribution in [0.1, 0.15) is 26.3 Å². The van der Waals surface area contributed by atoms with Crippen LogP contribution in [-0.4, -0.2) is 24.5 Å². The van der Waals surface area contributed by atoms with Crippen molar-refractivity contribution in [2.45, 2.75) is 33.4 Å². The molecule has 0 aromatic heterocycles. The SMILES string of the molecule is CC(C)(C)[C@H](N)C(=O)NCc1cccc(OCC(N)=O)c1. The molecule has 1 aromatic rings. The molecule has 0 fully saturated rings. The van der Waals surface area contributed by atoms with Gasteiger partial charge in [-0.2, -0.15) is 0 Å². The summed E-state index contributed by atoms with van der Waals surface area (Å²) in [5.41, 5.74) is 11.5. The maximum Gasteiger partial charge on any atom is 0.255 e. The van der Waals surface area contributed by atoms with E-state index in [0.717, 1.165) is 5.56 Å². The molecule has 116 valence electrons. The van der Waals surface area contributed by atoms with Crippen LogP contribution in [0.2, 0.25) is 0 Å². The van der Waals surface area contributed by atoms with E-state index >= 15 is 0 Å². The smallest absolute Gasteiger partial charge is 0.255 e. The molecule has 21 heavy (non-hydrogen) atoms. The van der Waals surface area contributed by atoms with E-state index in [1.807, 2.05) is 26.8 Å². The molecule has 1 rings (SSSR count). The summed E-state index contributed by atoms with van der Waals surface area (Å²) < 4.78 is 5.20. The lowest BCUT2D eigenvalue weighted by atomic mass is 9.87.